The zero-order chi connectivity index (χ0) is 19.6. The van der Waals surface area contributed by atoms with Crippen LogP contribution in [0.3, 0.4) is 0 Å². The quantitative estimate of drug-likeness (QED) is 0.651. The minimum atomic E-state index is -0.744. The second-order valence-electron chi connectivity index (χ2n) is 7.24. The predicted octanol–water partition coefficient (Wildman–Crippen LogP) is 5.00. The molecule has 2 amide bonds. The van der Waals surface area contributed by atoms with Gasteiger partial charge in [-0.25, -0.2) is 9.69 Å². The van der Waals surface area contributed by atoms with Crippen LogP contribution in [0.2, 0.25) is 0 Å². The number of imide groups is 1. The fourth-order valence-corrected chi connectivity index (χ4v) is 2.74. The van der Waals surface area contributed by atoms with Gasteiger partial charge in [-0.1, -0.05) is 42.5 Å². The summed E-state index contributed by atoms with van der Waals surface area (Å²) in [7, 11) is 0. The molecule has 0 saturated carbocycles. The summed E-state index contributed by atoms with van der Waals surface area (Å²) in [5, 5.41) is 1.93. The molecule has 27 heavy (non-hydrogen) atoms. The Hall–Kier alpha value is -3.34. The number of carbonyl (C=O) groups is 2. The highest BCUT2D eigenvalue weighted by Crippen LogP contribution is 2.26. The minimum absolute atomic E-state index is 0.247. The molecule has 0 aromatic heterocycles. The lowest BCUT2D eigenvalue weighted by atomic mass is 10.1. The summed E-state index contributed by atoms with van der Waals surface area (Å²) in [4.78, 5) is 27.1. The van der Waals surface area contributed by atoms with Crippen LogP contribution in [-0.2, 0) is 4.74 Å². The van der Waals surface area contributed by atoms with Gasteiger partial charge in [-0.05, 0) is 55.8 Å². The summed E-state index contributed by atoms with van der Waals surface area (Å²) < 4.78 is 5.47. The molecule has 0 aliphatic rings. The van der Waals surface area contributed by atoms with E-state index in [2.05, 4.69) is 0 Å². The zero-order valence-corrected chi connectivity index (χ0v) is 15.6. The van der Waals surface area contributed by atoms with Gasteiger partial charge in [-0.15, -0.1) is 0 Å². The van der Waals surface area contributed by atoms with E-state index in [0.29, 0.717) is 11.4 Å². The summed E-state index contributed by atoms with van der Waals surface area (Å²) in [6, 6.07) is 19.8. The molecule has 5 nitrogen and oxygen atoms in total. The Kier molecular flexibility index (Phi) is 4.86. The average Bonchev–Trinajstić information content (AvgIpc) is 2.60. The third kappa shape index (κ3) is 4.08. The first kappa shape index (κ1) is 18.5. The predicted molar refractivity (Wildman–Crippen MR) is 108 cm³/mol. The molecule has 0 unspecified atom stereocenters. The third-order valence-electron chi connectivity index (χ3n) is 3.96. The SMILES string of the molecule is CC(C)(C)OC(=O)N(C(=O)c1ccccc1N)c1ccc2ccccc2c1. The van der Waals surface area contributed by atoms with Crippen molar-refractivity contribution in [1.82, 2.24) is 0 Å². The van der Waals surface area contributed by atoms with Gasteiger partial charge in [0.05, 0.1) is 11.3 Å². The van der Waals surface area contributed by atoms with Gasteiger partial charge in [0, 0.05) is 5.69 Å². The molecule has 0 saturated heterocycles. The van der Waals surface area contributed by atoms with E-state index in [-0.39, 0.29) is 5.56 Å². The van der Waals surface area contributed by atoms with E-state index in [1.165, 1.54) is 0 Å². The maximum absolute atomic E-state index is 13.2. The van der Waals surface area contributed by atoms with Gasteiger partial charge >= 0.3 is 6.09 Å². The molecular formula is C22H22N2O3. The molecule has 5 heteroatoms. The van der Waals surface area contributed by atoms with E-state index in [1.807, 2.05) is 30.3 Å². The van der Waals surface area contributed by atoms with E-state index in [0.717, 1.165) is 15.7 Å². The van der Waals surface area contributed by atoms with Crippen molar-refractivity contribution in [1.29, 1.82) is 0 Å². The van der Waals surface area contributed by atoms with Gasteiger partial charge in [0.2, 0.25) is 0 Å². The number of hydrogen-bond acceptors (Lipinski definition) is 4. The van der Waals surface area contributed by atoms with E-state index < -0.39 is 17.6 Å². The van der Waals surface area contributed by atoms with Crippen LogP contribution in [0.5, 0.6) is 0 Å². The van der Waals surface area contributed by atoms with Crippen molar-refractivity contribution in [3.63, 3.8) is 0 Å². The van der Waals surface area contributed by atoms with Gasteiger partial charge in [0.1, 0.15) is 5.60 Å². The number of anilines is 2. The van der Waals surface area contributed by atoms with Crippen LogP contribution in [0.1, 0.15) is 31.1 Å². The Morgan fingerprint density at radius 3 is 2.19 bits per heavy atom. The van der Waals surface area contributed by atoms with Gasteiger partial charge in [-0.3, -0.25) is 4.79 Å². The highest BCUT2D eigenvalue weighted by Gasteiger charge is 2.30. The Bertz CT molecular complexity index is 1010. The van der Waals surface area contributed by atoms with E-state index in [1.54, 1.807) is 57.2 Å². The molecule has 0 aliphatic heterocycles. The molecule has 0 fully saturated rings. The molecule has 3 aromatic rings. The fourth-order valence-electron chi connectivity index (χ4n) is 2.74. The largest absolute Gasteiger partial charge is 0.443 e. The van der Waals surface area contributed by atoms with Crippen LogP contribution in [0.25, 0.3) is 10.8 Å². The molecule has 0 spiro atoms. The van der Waals surface area contributed by atoms with Crippen molar-refractivity contribution < 1.29 is 14.3 Å². The van der Waals surface area contributed by atoms with Gasteiger partial charge in [-0.2, -0.15) is 0 Å². The number of para-hydroxylation sites is 1. The third-order valence-corrected chi connectivity index (χ3v) is 3.96. The summed E-state index contributed by atoms with van der Waals surface area (Å²) in [6.45, 7) is 5.26. The van der Waals surface area contributed by atoms with Crippen LogP contribution < -0.4 is 10.6 Å². The van der Waals surface area contributed by atoms with E-state index in [4.69, 9.17) is 10.5 Å². The van der Waals surface area contributed by atoms with Crippen molar-refractivity contribution in [2.75, 3.05) is 10.6 Å². The number of ether oxygens (including phenoxy) is 1. The minimum Gasteiger partial charge on any atom is -0.443 e. The van der Waals surface area contributed by atoms with Crippen LogP contribution >= 0.6 is 0 Å². The first-order valence-corrected chi connectivity index (χ1v) is 8.67. The highest BCUT2D eigenvalue weighted by molar-refractivity contribution is 6.21. The monoisotopic (exact) mass is 362 g/mol. The number of rotatable bonds is 2. The second kappa shape index (κ2) is 7.11. The number of benzene rings is 3. The second-order valence-corrected chi connectivity index (χ2v) is 7.24. The summed E-state index contributed by atoms with van der Waals surface area (Å²) in [5.74, 6) is -0.530. The van der Waals surface area contributed by atoms with Gasteiger partial charge in [0.15, 0.2) is 0 Å². The Morgan fingerprint density at radius 1 is 0.889 bits per heavy atom. The maximum atomic E-state index is 13.2. The Labute approximate surface area is 158 Å². The van der Waals surface area contributed by atoms with E-state index >= 15 is 0 Å². The summed E-state index contributed by atoms with van der Waals surface area (Å²) >= 11 is 0. The van der Waals surface area contributed by atoms with Crippen molar-refractivity contribution >= 4 is 34.1 Å². The number of fused-ring (bicyclic) bond motifs is 1. The average molecular weight is 362 g/mol. The maximum Gasteiger partial charge on any atom is 0.422 e. The normalized spacial score (nSPS) is 11.2. The Balaban J connectivity index is 2.10. The molecule has 0 bridgehead atoms. The molecule has 0 heterocycles. The first-order chi connectivity index (χ1) is 12.8. The lowest BCUT2D eigenvalue weighted by Crippen LogP contribution is -2.41. The molecule has 138 valence electrons. The number of carbonyl (C=O) groups excluding carboxylic acids is 2. The van der Waals surface area contributed by atoms with Gasteiger partial charge in [0.25, 0.3) is 5.91 Å². The number of amides is 2. The van der Waals surface area contributed by atoms with Gasteiger partial charge < -0.3 is 10.5 Å². The number of hydrogen-bond donors (Lipinski definition) is 1. The standard InChI is InChI=1S/C22H22N2O3/c1-22(2,3)27-21(26)24(20(25)18-10-6-7-11-19(18)23)17-13-12-15-8-4-5-9-16(15)14-17/h4-14H,23H2,1-3H3. The molecule has 3 aromatic carbocycles. The zero-order valence-electron chi connectivity index (χ0n) is 15.6. The molecular weight excluding hydrogens is 340 g/mol. The van der Waals surface area contributed by atoms with Crippen molar-refractivity contribution in [3.8, 4) is 0 Å². The molecule has 0 radical (unpaired) electrons. The number of nitrogens with two attached hydrogens (primary N) is 1. The fraction of sp³-hybridized carbons (Fsp3) is 0.182. The van der Waals surface area contributed by atoms with E-state index in [9.17, 15) is 9.59 Å². The van der Waals surface area contributed by atoms with Crippen molar-refractivity contribution in [2.45, 2.75) is 26.4 Å². The lowest BCUT2D eigenvalue weighted by Gasteiger charge is -2.26. The van der Waals surface area contributed by atoms with Crippen LogP contribution in [0.15, 0.2) is 66.7 Å². The first-order valence-electron chi connectivity index (χ1n) is 8.67. The smallest absolute Gasteiger partial charge is 0.422 e. The molecule has 2 N–H and O–H groups in total. The molecule has 0 aliphatic carbocycles. The highest BCUT2D eigenvalue weighted by atomic mass is 16.6. The topological polar surface area (TPSA) is 72.6 Å². The van der Waals surface area contributed by atoms with Crippen LogP contribution in [-0.4, -0.2) is 17.6 Å². The lowest BCUT2D eigenvalue weighted by molar-refractivity contribution is 0.0564. The molecule has 0 atom stereocenters. The summed E-state index contributed by atoms with van der Waals surface area (Å²) in [6.07, 6.45) is -0.744. The van der Waals surface area contributed by atoms with Crippen molar-refractivity contribution in [3.05, 3.63) is 72.3 Å². The van der Waals surface area contributed by atoms with Crippen molar-refractivity contribution in [2.24, 2.45) is 0 Å². The van der Waals surface area contributed by atoms with Crippen LogP contribution in [0.4, 0.5) is 16.2 Å². The molecule has 3 rings (SSSR count). The Morgan fingerprint density at radius 2 is 1.52 bits per heavy atom. The number of nitrogen functional groups attached to an aromatic ring is 1. The van der Waals surface area contributed by atoms with Crippen LogP contribution in [0, 0.1) is 0 Å². The number of nitrogens with zero attached hydrogens (tertiary/aromatic N) is 1. The summed E-state index contributed by atoms with van der Waals surface area (Å²) in [5.41, 5.74) is 6.19.